The number of rotatable bonds is 8. The second-order valence-electron chi connectivity index (χ2n) is 8.40. The summed E-state index contributed by atoms with van der Waals surface area (Å²) >= 11 is 0. The zero-order valence-electron chi connectivity index (χ0n) is 20.4. The number of hydrogen-bond donors (Lipinski definition) is 0. The smallest absolute Gasteiger partial charge is 0.211 e. The van der Waals surface area contributed by atoms with Gasteiger partial charge in [-0.25, -0.2) is 8.42 Å². The van der Waals surface area contributed by atoms with E-state index in [4.69, 9.17) is 9.47 Å². The van der Waals surface area contributed by atoms with Gasteiger partial charge in [0, 0.05) is 12.7 Å². The number of aryl methyl sites for hydroxylation is 2. The van der Waals surface area contributed by atoms with Crippen LogP contribution < -0.4 is 14.9 Å². The van der Waals surface area contributed by atoms with E-state index in [1.165, 1.54) is 18.3 Å². The van der Waals surface area contributed by atoms with Crippen LogP contribution in [0.3, 0.4) is 0 Å². The fourth-order valence-electron chi connectivity index (χ4n) is 4.09. The van der Waals surface area contributed by atoms with Crippen molar-refractivity contribution in [2.45, 2.75) is 44.0 Å². The molecule has 4 aromatic rings. The predicted octanol–water partition coefficient (Wildman–Crippen LogP) is 5.30. The summed E-state index contributed by atoms with van der Waals surface area (Å²) in [5.74, 6) is 1.09. The van der Waals surface area contributed by atoms with Gasteiger partial charge in [-0.1, -0.05) is 23.8 Å². The number of benzene rings is 3. The highest BCUT2D eigenvalue weighted by Crippen LogP contribution is 2.26. The number of pyridine rings is 1. The first-order valence-corrected chi connectivity index (χ1v) is 13.1. The van der Waals surface area contributed by atoms with E-state index < -0.39 is 15.3 Å². The van der Waals surface area contributed by atoms with Crippen molar-refractivity contribution in [2.24, 2.45) is 0 Å². The van der Waals surface area contributed by atoms with Crippen molar-refractivity contribution < 1.29 is 17.9 Å². The van der Waals surface area contributed by atoms with Gasteiger partial charge in [0.15, 0.2) is 0 Å². The molecule has 0 aliphatic rings. The van der Waals surface area contributed by atoms with Crippen LogP contribution in [0.25, 0.3) is 10.9 Å². The summed E-state index contributed by atoms with van der Waals surface area (Å²) in [7, 11) is -4.08. The molecule has 0 saturated heterocycles. The van der Waals surface area contributed by atoms with Crippen LogP contribution in [0.4, 0.5) is 0 Å². The molecule has 0 N–H and O–H groups in total. The number of hydrogen-bond acceptors (Lipinski definition) is 5. The molecular weight excluding hydrogens is 462 g/mol. The minimum atomic E-state index is -4.08. The van der Waals surface area contributed by atoms with Gasteiger partial charge in [-0.15, -0.1) is 0 Å². The van der Waals surface area contributed by atoms with Gasteiger partial charge in [-0.2, -0.15) is 0 Å². The Labute approximate surface area is 205 Å². The lowest BCUT2D eigenvalue weighted by Crippen LogP contribution is -2.20. The third-order valence-electron chi connectivity index (χ3n) is 5.91. The van der Waals surface area contributed by atoms with Crippen molar-refractivity contribution >= 4 is 20.7 Å². The van der Waals surface area contributed by atoms with Gasteiger partial charge in [-0.3, -0.25) is 4.79 Å². The molecular formula is C28H29NO5S. The lowest BCUT2D eigenvalue weighted by Gasteiger charge is -2.16. The molecule has 3 aromatic carbocycles. The average Bonchev–Trinajstić information content (AvgIpc) is 2.84. The molecule has 0 aliphatic carbocycles. The number of fused-ring (bicyclic) bond motifs is 1. The van der Waals surface area contributed by atoms with Crippen LogP contribution in [0.2, 0.25) is 0 Å². The van der Waals surface area contributed by atoms with E-state index in [1.54, 1.807) is 30.3 Å². The molecule has 6 nitrogen and oxygen atoms in total. The minimum Gasteiger partial charge on any atom is -0.494 e. The SMILES string of the molecule is CCOc1ccc(S(=O)(=O)c2cn(Cc3cc(C)ccc3C)c3ccc(OCC)cc3c2=O)cc1. The molecule has 0 radical (unpaired) electrons. The zero-order valence-corrected chi connectivity index (χ0v) is 21.2. The Bertz CT molecular complexity index is 1540. The Hall–Kier alpha value is -3.58. The first kappa shape index (κ1) is 24.5. The first-order chi connectivity index (χ1) is 16.7. The summed E-state index contributed by atoms with van der Waals surface area (Å²) in [6.07, 6.45) is 1.46. The number of nitrogens with zero attached hydrogens (tertiary/aromatic N) is 1. The second kappa shape index (κ2) is 9.96. The fourth-order valence-corrected chi connectivity index (χ4v) is 5.46. The van der Waals surface area contributed by atoms with Gasteiger partial charge in [0.1, 0.15) is 16.4 Å². The van der Waals surface area contributed by atoms with E-state index >= 15 is 0 Å². The molecule has 4 rings (SSSR count). The van der Waals surface area contributed by atoms with Crippen LogP contribution >= 0.6 is 0 Å². The average molecular weight is 492 g/mol. The maximum atomic E-state index is 13.6. The summed E-state index contributed by atoms with van der Waals surface area (Å²) in [6, 6.07) is 17.5. The normalized spacial score (nSPS) is 11.5. The summed E-state index contributed by atoms with van der Waals surface area (Å²) in [4.78, 5) is 13.3. The van der Waals surface area contributed by atoms with Crippen molar-refractivity contribution in [3.8, 4) is 11.5 Å². The maximum Gasteiger partial charge on any atom is 0.211 e. The van der Waals surface area contributed by atoms with Crippen molar-refractivity contribution in [3.63, 3.8) is 0 Å². The maximum absolute atomic E-state index is 13.6. The van der Waals surface area contributed by atoms with Crippen molar-refractivity contribution in [2.75, 3.05) is 13.2 Å². The van der Waals surface area contributed by atoms with Crippen LogP contribution in [0.1, 0.15) is 30.5 Å². The third-order valence-corrected chi connectivity index (χ3v) is 7.67. The van der Waals surface area contributed by atoms with Gasteiger partial charge in [-0.05, 0) is 81.3 Å². The molecule has 1 heterocycles. The molecule has 0 fully saturated rings. The Morgan fingerprint density at radius 1 is 0.829 bits per heavy atom. The van der Waals surface area contributed by atoms with E-state index in [2.05, 4.69) is 6.07 Å². The van der Waals surface area contributed by atoms with Gasteiger partial charge < -0.3 is 14.0 Å². The van der Waals surface area contributed by atoms with Gasteiger partial charge >= 0.3 is 0 Å². The molecule has 0 atom stereocenters. The Kier molecular flexibility index (Phi) is 6.98. The topological polar surface area (TPSA) is 74.6 Å². The summed E-state index contributed by atoms with van der Waals surface area (Å²) in [6.45, 7) is 9.08. The second-order valence-corrected chi connectivity index (χ2v) is 10.3. The molecule has 1 aromatic heterocycles. The van der Waals surface area contributed by atoms with Crippen molar-refractivity contribution in [1.29, 1.82) is 0 Å². The zero-order chi connectivity index (χ0) is 25.2. The predicted molar refractivity (Wildman–Crippen MR) is 137 cm³/mol. The summed E-state index contributed by atoms with van der Waals surface area (Å²) < 4.78 is 40.1. The number of aromatic nitrogens is 1. The highest BCUT2D eigenvalue weighted by molar-refractivity contribution is 7.91. The van der Waals surface area contributed by atoms with Gasteiger partial charge in [0.2, 0.25) is 15.3 Å². The molecule has 7 heteroatoms. The Morgan fingerprint density at radius 3 is 2.17 bits per heavy atom. The molecule has 182 valence electrons. The van der Waals surface area contributed by atoms with Crippen LogP contribution in [-0.2, 0) is 16.4 Å². The van der Waals surface area contributed by atoms with E-state index in [1.807, 2.05) is 44.4 Å². The standard InChI is InChI=1S/C28H29NO5S/c1-5-33-22-9-12-24(13-10-22)35(31,32)27-18-29(17-21-15-19(3)7-8-20(21)4)26-14-11-23(34-6-2)16-25(26)28(27)30/h7-16,18H,5-6,17H2,1-4H3. The van der Waals surface area contributed by atoms with Crippen LogP contribution in [0.15, 0.2) is 81.4 Å². The van der Waals surface area contributed by atoms with Crippen LogP contribution in [0, 0.1) is 13.8 Å². The lowest BCUT2D eigenvalue weighted by atomic mass is 10.1. The van der Waals surface area contributed by atoms with Crippen molar-refractivity contribution in [3.05, 3.63) is 93.8 Å². The Morgan fingerprint density at radius 2 is 1.49 bits per heavy atom. The highest BCUT2D eigenvalue weighted by atomic mass is 32.2. The minimum absolute atomic E-state index is 0.0386. The first-order valence-electron chi connectivity index (χ1n) is 11.6. The summed E-state index contributed by atoms with van der Waals surface area (Å²) in [5.41, 5.74) is 3.34. The van der Waals surface area contributed by atoms with E-state index in [-0.39, 0.29) is 9.79 Å². The van der Waals surface area contributed by atoms with E-state index in [0.29, 0.717) is 42.2 Å². The highest BCUT2D eigenvalue weighted by Gasteiger charge is 2.24. The molecule has 0 saturated carbocycles. The quantitative estimate of drug-likeness (QED) is 0.335. The number of ether oxygens (including phenoxy) is 2. The van der Waals surface area contributed by atoms with Crippen LogP contribution in [0.5, 0.6) is 11.5 Å². The van der Waals surface area contributed by atoms with E-state index in [9.17, 15) is 13.2 Å². The fraction of sp³-hybridized carbons (Fsp3) is 0.250. The molecule has 0 bridgehead atoms. The molecule has 35 heavy (non-hydrogen) atoms. The van der Waals surface area contributed by atoms with E-state index in [0.717, 1.165) is 16.7 Å². The molecule has 0 amide bonds. The number of sulfone groups is 1. The monoisotopic (exact) mass is 491 g/mol. The largest absolute Gasteiger partial charge is 0.494 e. The molecule has 0 unspecified atom stereocenters. The molecule has 0 spiro atoms. The van der Waals surface area contributed by atoms with Crippen LogP contribution in [-0.4, -0.2) is 26.2 Å². The lowest BCUT2D eigenvalue weighted by molar-refractivity contribution is 0.340. The Balaban J connectivity index is 1.93. The molecule has 0 aliphatic heterocycles. The van der Waals surface area contributed by atoms with Gasteiger partial charge in [0.25, 0.3) is 0 Å². The van der Waals surface area contributed by atoms with Gasteiger partial charge in [0.05, 0.1) is 29.0 Å². The van der Waals surface area contributed by atoms with Crippen molar-refractivity contribution in [1.82, 2.24) is 4.57 Å². The summed E-state index contributed by atoms with van der Waals surface area (Å²) in [5, 5.41) is 0.299. The third kappa shape index (κ3) is 4.95.